The van der Waals surface area contributed by atoms with Crippen LogP contribution in [0.4, 0.5) is 0 Å². The second-order valence-corrected chi connectivity index (χ2v) is 6.03. The van der Waals surface area contributed by atoms with E-state index in [-0.39, 0.29) is 0 Å². The third kappa shape index (κ3) is 4.99. The first-order valence-corrected chi connectivity index (χ1v) is 7.64. The van der Waals surface area contributed by atoms with E-state index in [0.717, 1.165) is 23.0 Å². The highest BCUT2D eigenvalue weighted by molar-refractivity contribution is 9.10. The minimum Gasteiger partial charge on any atom is -0.478 e. The molecule has 0 bridgehead atoms. The molecule has 21 heavy (non-hydrogen) atoms. The van der Waals surface area contributed by atoms with E-state index in [9.17, 15) is 4.79 Å². The number of aromatic carboxylic acids is 1. The average Bonchev–Trinajstić information content (AvgIpc) is 2.48. The van der Waals surface area contributed by atoms with Crippen LogP contribution in [0.25, 0.3) is 0 Å². The van der Waals surface area contributed by atoms with Crippen molar-refractivity contribution in [3.63, 3.8) is 0 Å². The Morgan fingerprint density at radius 3 is 2.24 bits per heavy atom. The molecule has 0 aliphatic rings. The van der Waals surface area contributed by atoms with Crippen molar-refractivity contribution in [3.05, 3.63) is 69.7 Å². The number of carboxylic acids is 1. The van der Waals surface area contributed by atoms with Crippen molar-refractivity contribution in [1.29, 1.82) is 0 Å². The van der Waals surface area contributed by atoms with Gasteiger partial charge in [0.25, 0.3) is 0 Å². The number of carboxylic acid groups (broad SMARTS) is 1. The molecule has 1 atom stereocenters. The molecule has 0 aliphatic carbocycles. The van der Waals surface area contributed by atoms with E-state index in [1.165, 1.54) is 5.56 Å². The SMILES string of the molecule is CC(Cc1ccc(Br)cc1)NCc1ccc(C(=O)O)cc1. The summed E-state index contributed by atoms with van der Waals surface area (Å²) in [5, 5.41) is 12.3. The van der Waals surface area contributed by atoms with Crippen LogP contribution in [0.5, 0.6) is 0 Å². The van der Waals surface area contributed by atoms with Crippen LogP contribution in [0.15, 0.2) is 53.0 Å². The molecule has 0 saturated heterocycles. The zero-order valence-corrected chi connectivity index (χ0v) is 13.4. The van der Waals surface area contributed by atoms with Crippen molar-refractivity contribution in [3.8, 4) is 0 Å². The highest BCUT2D eigenvalue weighted by atomic mass is 79.9. The third-order valence-corrected chi connectivity index (χ3v) is 3.84. The molecule has 0 amide bonds. The summed E-state index contributed by atoms with van der Waals surface area (Å²) in [5.74, 6) is -0.891. The first kappa shape index (κ1) is 15.7. The molecule has 0 heterocycles. The molecule has 2 aromatic carbocycles. The molecule has 2 N–H and O–H groups in total. The maximum Gasteiger partial charge on any atom is 0.335 e. The van der Waals surface area contributed by atoms with Gasteiger partial charge < -0.3 is 10.4 Å². The van der Waals surface area contributed by atoms with Crippen LogP contribution < -0.4 is 5.32 Å². The van der Waals surface area contributed by atoms with E-state index in [0.29, 0.717) is 11.6 Å². The number of halogens is 1. The van der Waals surface area contributed by atoms with Crippen molar-refractivity contribution < 1.29 is 9.90 Å². The largest absolute Gasteiger partial charge is 0.478 e. The first-order valence-electron chi connectivity index (χ1n) is 6.84. The van der Waals surface area contributed by atoms with Crippen molar-refractivity contribution >= 4 is 21.9 Å². The first-order chi connectivity index (χ1) is 10.0. The molecule has 0 aromatic heterocycles. The van der Waals surface area contributed by atoms with Crippen LogP contribution in [-0.2, 0) is 13.0 Å². The van der Waals surface area contributed by atoms with Crippen LogP contribution in [0, 0.1) is 0 Å². The molecule has 0 aliphatic heterocycles. The number of rotatable bonds is 6. The standard InChI is InChI=1S/C17H18BrNO2/c1-12(10-13-4-8-16(18)9-5-13)19-11-14-2-6-15(7-3-14)17(20)21/h2-9,12,19H,10-11H2,1H3,(H,20,21). The Hall–Kier alpha value is -1.65. The van der Waals surface area contributed by atoms with Gasteiger partial charge in [0.15, 0.2) is 0 Å². The topological polar surface area (TPSA) is 49.3 Å². The van der Waals surface area contributed by atoms with E-state index >= 15 is 0 Å². The van der Waals surface area contributed by atoms with Gasteiger partial charge in [-0.05, 0) is 48.7 Å². The zero-order valence-electron chi connectivity index (χ0n) is 11.8. The Bertz CT molecular complexity index is 593. The summed E-state index contributed by atoms with van der Waals surface area (Å²) in [5.41, 5.74) is 2.70. The van der Waals surface area contributed by atoms with E-state index in [2.05, 4.69) is 40.3 Å². The lowest BCUT2D eigenvalue weighted by Gasteiger charge is -2.14. The number of hydrogen-bond donors (Lipinski definition) is 2. The quantitative estimate of drug-likeness (QED) is 0.833. The Labute approximate surface area is 133 Å². The van der Waals surface area contributed by atoms with Crippen LogP contribution in [0.3, 0.4) is 0 Å². The minimum atomic E-state index is -0.891. The van der Waals surface area contributed by atoms with Gasteiger partial charge in [0, 0.05) is 17.1 Å². The van der Waals surface area contributed by atoms with Crippen molar-refractivity contribution in [1.82, 2.24) is 5.32 Å². The molecule has 3 nitrogen and oxygen atoms in total. The lowest BCUT2D eigenvalue weighted by Crippen LogP contribution is -2.27. The normalized spacial score (nSPS) is 12.1. The highest BCUT2D eigenvalue weighted by Crippen LogP contribution is 2.12. The highest BCUT2D eigenvalue weighted by Gasteiger charge is 2.05. The molecule has 110 valence electrons. The summed E-state index contributed by atoms with van der Waals surface area (Å²) in [4.78, 5) is 10.8. The van der Waals surface area contributed by atoms with E-state index in [4.69, 9.17) is 5.11 Å². The van der Waals surface area contributed by atoms with Gasteiger partial charge in [-0.2, -0.15) is 0 Å². The number of hydrogen-bond acceptors (Lipinski definition) is 2. The molecule has 1 unspecified atom stereocenters. The molecule has 0 spiro atoms. The van der Waals surface area contributed by atoms with Gasteiger partial charge in [-0.15, -0.1) is 0 Å². The predicted octanol–water partition coefficient (Wildman–Crippen LogP) is 3.87. The summed E-state index contributed by atoms with van der Waals surface area (Å²) in [6.07, 6.45) is 0.959. The Kier molecular flexibility index (Phi) is 5.53. The number of benzene rings is 2. The van der Waals surface area contributed by atoms with Gasteiger partial charge in [0.2, 0.25) is 0 Å². The summed E-state index contributed by atoms with van der Waals surface area (Å²) >= 11 is 3.43. The van der Waals surface area contributed by atoms with Crippen molar-refractivity contribution in [2.24, 2.45) is 0 Å². The third-order valence-electron chi connectivity index (χ3n) is 3.31. The van der Waals surface area contributed by atoms with Gasteiger partial charge in [0.05, 0.1) is 5.56 Å². The van der Waals surface area contributed by atoms with Crippen LogP contribution in [0.2, 0.25) is 0 Å². The molecule has 0 fully saturated rings. The summed E-state index contributed by atoms with van der Waals surface area (Å²) in [6, 6.07) is 15.7. The lowest BCUT2D eigenvalue weighted by atomic mass is 10.1. The second-order valence-electron chi connectivity index (χ2n) is 5.11. The molecule has 4 heteroatoms. The molecule has 2 aromatic rings. The Balaban J connectivity index is 1.84. The summed E-state index contributed by atoms with van der Waals surface area (Å²) in [6.45, 7) is 2.88. The van der Waals surface area contributed by atoms with E-state index in [1.807, 2.05) is 24.3 Å². The Morgan fingerprint density at radius 2 is 1.67 bits per heavy atom. The average molecular weight is 348 g/mol. The van der Waals surface area contributed by atoms with Gasteiger partial charge in [-0.3, -0.25) is 0 Å². The van der Waals surface area contributed by atoms with Gasteiger partial charge in [0.1, 0.15) is 0 Å². The van der Waals surface area contributed by atoms with E-state index < -0.39 is 5.97 Å². The fraction of sp³-hybridized carbons (Fsp3) is 0.235. The van der Waals surface area contributed by atoms with Crippen molar-refractivity contribution in [2.75, 3.05) is 0 Å². The molecule has 2 rings (SSSR count). The van der Waals surface area contributed by atoms with Crippen LogP contribution in [-0.4, -0.2) is 17.1 Å². The summed E-state index contributed by atoms with van der Waals surface area (Å²) in [7, 11) is 0. The maximum atomic E-state index is 10.8. The molecule has 0 radical (unpaired) electrons. The molecular formula is C17H18BrNO2. The van der Waals surface area contributed by atoms with Gasteiger partial charge >= 0.3 is 5.97 Å². The lowest BCUT2D eigenvalue weighted by molar-refractivity contribution is 0.0697. The van der Waals surface area contributed by atoms with Crippen molar-refractivity contribution in [2.45, 2.75) is 25.9 Å². The van der Waals surface area contributed by atoms with E-state index in [1.54, 1.807) is 12.1 Å². The fourth-order valence-electron chi connectivity index (χ4n) is 2.10. The van der Waals surface area contributed by atoms with Crippen LogP contribution >= 0.6 is 15.9 Å². The predicted molar refractivity (Wildman–Crippen MR) is 87.5 cm³/mol. The zero-order chi connectivity index (χ0) is 15.2. The molecule has 0 saturated carbocycles. The van der Waals surface area contributed by atoms with Gasteiger partial charge in [-0.25, -0.2) is 4.79 Å². The summed E-state index contributed by atoms with van der Waals surface area (Å²) < 4.78 is 1.09. The minimum absolute atomic E-state index is 0.321. The smallest absolute Gasteiger partial charge is 0.335 e. The van der Waals surface area contributed by atoms with Crippen LogP contribution in [0.1, 0.15) is 28.4 Å². The number of carbonyl (C=O) groups is 1. The monoisotopic (exact) mass is 347 g/mol. The molecular weight excluding hydrogens is 330 g/mol. The fourth-order valence-corrected chi connectivity index (χ4v) is 2.37. The number of nitrogens with one attached hydrogen (secondary N) is 1. The maximum absolute atomic E-state index is 10.8. The second kappa shape index (κ2) is 7.38. The Morgan fingerprint density at radius 1 is 1.10 bits per heavy atom. The van der Waals surface area contributed by atoms with Gasteiger partial charge in [-0.1, -0.05) is 40.2 Å².